The molecule has 76 valence electrons. The summed E-state index contributed by atoms with van der Waals surface area (Å²) in [4.78, 5) is 11.1. The van der Waals surface area contributed by atoms with Crippen LogP contribution in [0.25, 0.3) is 0 Å². The van der Waals surface area contributed by atoms with Gasteiger partial charge in [-0.25, -0.2) is 4.79 Å². The average Bonchev–Trinajstić information content (AvgIpc) is 1.99. The number of carbonyl (C=O) groups is 1. The Morgan fingerprint density at radius 2 is 2.08 bits per heavy atom. The molecule has 0 bridgehead atoms. The lowest BCUT2D eigenvalue weighted by Crippen LogP contribution is -2.50. The van der Waals surface area contributed by atoms with Crippen molar-refractivity contribution in [3.05, 3.63) is 0 Å². The summed E-state index contributed by atoms with van der Waals surface area (Å²) >= 11 is 0. The third-order valence-corrected chi connectivity index (χ3v) is 1.63. The molecule has 2 amide bonds. The summed E-state index contributed by atoms with van der Waals surface area (Å²) in [5, 5.41) is 12.4. The molecule has 0 spiro atoms. The Bertz CT molecular complexity index is 191. The van der Waals surface area contributed by atoms with Crippen molar-refractivity contribution < 1.29 is 4.79 Å². The normalized spacial score (nSPS) is 12.3. The van der Waals surface area contributed by atoms with Crippen molar-refractivity contribution in [2.24, 2.45) is 11.7 Å². The Balaban J connectivity index is 4.10. The van der Waals surface area contributed by atoms with Crippen LogP contribution in [0.3, 0.4) is 0 Å². The van der Waals surface area contributed by atoms with Gasteiger partial charge in [0.05, 0.1) is 6.04 Å². The highest BCUT2D eigenvalue weighted by atomic mass is 16.2. The van der Waals surface area contributed by atoms with Crippen LogP contribution in [0.1, 0.15) is 20.8 Å². The molecule has 0 fully saturated rings. The van der Waals surface area contributed by atoms with Crippen LogP contribution in [0, 0.1) is 11.3 Å². The van der Waals surface area contributed by atoms with E-state index in [1.54, 1.807) is 0 Å². The van der Waals surface area contributed by atoms with Crippen molar-refractivity contribution in [2.75, 3.05) is 6.54 Å². The van der Waals surface area contributed by atoms with Crippen LogP contribution in [-0.4, -0.2) is 24.5 Å². The van der Waals surface area contributed by atoms with E-state index in [4.69, 9.17) is 11.1 Å². The van der Waals surface area contributed by atoms with Crippen LogP contribution in [0.5, 0.6) is 0 Å². The molecule has 0 saturated heterocycles. The highest BCUT2D eigenvalue weighted by Gasteiger charge is 2.18. The van der Waals surface area contributed by atoms with E-state index in [0.29, 0.717) is 6.54 Å². The number of nitrogens with one attached hydrogen (secondary N) is 3. The summed E-state index contributed by atoms with van der Waals surface area (Å²) < 4.78 is 0. The molecule has 1 unspecified atom stereocenters. The first kappa shape index (κ1) is 11.7. The standard InChI is InChI=1S/C8H18N4O/c1-4-11-8(13)12-6(5(2)3)7(9)10/h5-6H,4H2,1-3H3,(H3,9,10)(H2,11,12,13). The number of amides is 2. The zero-order valence-electron chi connectivity index (χ0n) is 8.35. The van der Waals surface area contributed by atoms with Crippen molar-refractivity contribution in [3.63, 3.8) is 0 Å². The van der Waals surface area contributed by atoms with E-state index in [0.717, 1.165) is 0 Å². The Hall–Kier alpha value is -1.26. The molecule has 5 nitrogen and oxygen atoms in total. The lowest BCUT2D eigenvalue weighted by Gasteiger charge is -2.20. The Morgan fingerprint density at radius 3 is 2.38 bits per heavy atom. The maximum absolute atomic E-state index is 11.1. The average molecular weight is 186 g/mol. The van der Waals surface area contributed by atoms with Gasteiger partial charge < -0.3 is 16.4 Å². The fraction of sp³-hybridized carbons (Fsp3) is 0.750. The second-order valence-electron chi connectivity index (χ2n) is 3.18. The lowest BCUT2D eigenvalue weighted by atomic mass is 10.0. The molecule has 0 rings (SSSR count). The van der Waals surface area contributed by atoms with Gasteiger partial charge in [-0.05, 0) is 12.8 Å². The first-order valence-corrected chi connectivity index (χ1v) is 4.37. The Morgan fingerprint density at radius 1 is 1.54 bits per heavy atom. The van der Waals surface area contributed by atoms with Gasteiger partial charge in [0.2, 0.25) is 0 Å². The molecule has 0 aliphatic carbocycles. The smallest absolute Gasteiger partial charge is 0.315 e. The van der Waals surface area contributed by atoms with Crippen LogP contribution < -0.4 is 16.4 Å². The maximum atomic E-state index is 11.1. The monoisotopic (exact) mass is 186 g/mol. The Labute approximate surface area is 78.6 Å². The molecular weight excluding hydrogens is 168 g/mol. The zero-order chi connectivity index (χ0) is 10.4. The minimum atomic E-state index is -0.383. The number of hydrogen-bond donors (Lipinski definition) is 4. The van der Waals surface area contributed by atoms with Gasteiger partial charge in [-0.1, -0.05) is 13.8 Å². The van der Waals surface area contributed by atoms with E-state index in [-0.39, 0.29) is 23.8 Å². The van der Waals surface area contributed by atoms with Crippen molar-refractivity contribution in [1.82, 2.24) is 10.6 Å². The van der Waals surface area contributed by atoms with Crippen LogP contribution in [0.4, 0.5) is 4.79 Å². The highest BCUT2D eigenvalue weighted by molar-refractivity contribution is 5.87. The molecule has 0 heterocycles. The van der Waals surface area contributed by atoms with E-state index in [2.05, 4.69) is 10.6 Å². The summed E-state index contributed by atoms with van der Waals surface area (Å²) in [6.45, 7) is 6.20. The molecule has 13 heavy (non-hydrogen) atoms. The van der Waals surface area contributed by atoms with Crippen molar-refractivity contribution in [2.45, 2.75) is 26.8 Å². The second-order valence-corrected chi connectivity index (χ2v) is 3.18. The fourth-order valence-corrected chi connectivity index (χ4v) is 0.956. The summed E-state index contributed by atoms with van der Waals surface area (Å²) in [5.41, 5.74) is 5.32. The van der Waals surface area contributed by atoms with Crippen molar-refractivity contribution >= 4 is 11.9 Å². The van der Waals surface area contributed by atoms with Crippen LogP contribution in [0.2, 0.25) is 0 Å². The predicted octanol–water partition coefficient (Wildman–Crippen LogP) is 0.266. The second kappa shape index (κ2) is 5.40. The molecule has 0 aliphatic rings. The SMILES string of the molecule is CCNC(=O)NC(C(=N)N)C(C)C. The van der Waals surface area contributed by atoms with Gasteiger partial charge in [0.15, 0.2) is 0 Å². The molecule has 0 radical (unpaired) electrons. The summed E-state index contributed by atoms with van der Waals surface area (Å²) in [7, 11) is 0. The number of carbonyl (C=O) groups excluding carboxylic acids is 1. The van der Waals surface area contributed by atoms with E-state index in [1.165, 1.54) is 0 Å². The van der Waals surface area contributed by atoms with E-state index >= 15 is 0 Å². The van der Waals surface area contributed by atoms with Gasteiger partial charge in [0.25, 0.3) is 0 Å². The van der Waals surface area contributed by atoms with Crippen molar-refractivity contribution in [1.29, 1.82) is 5.41 Å². The molecule has 1 atom stereocenters. The highest BCUT2D eigenvalue weighted by Crippen LogP contribution is 2.00. The van der Waals surface area contributed by atoms with Gasteiger partial charge in [0.1, 0.15) is 5.84 Å². The number of nitrogens with two attached hydrogens (primary N) is 1. The fourth-order valence-electron chi connectivity index (χ4n) is 0.956. The molecule has 0 aliphatic heterocycles. The number of rotatable bonds is 4. The predicted molar refractivity (Wildman–Crippen MR) is 52.7 cm³/mol. The van der Waals surface area contributed by atoms with Gasteiger partial charge >= 0.3 is 6.03 Å². The molecule has 5 heteroatoms. The van der Waals surface area contributed by atoms with Crippen LogP contribution in [0.15, 0.2) is 0 Å². The molecule has 5 N–H and O–H groups in total. The third-order valence-electron chi connectivity index (χ3n) is 1.63. The van der Waals surface area contributed by atoms with Gasteiger partial charge in [0, 0.05) is 6.54 Å². The Kier molecular flexibility index (Phi) is 4.87. The quantitative estimate of drug-likeness (QED) is 0.375. The number of urea groups is 1. The molecule has 0 aromatic rings. The summed E-state index contributed by atoms with van der Waals surface area (Å²) in [6.07, 6.45) is 0. The largest absolute Gasteiger partial charge is 0.386 e. The molecular formula is C8H18N4O. The van der Waals surface area contributed by atoms with E-state index < -0.39 is 0 Å². The van der Waals surface area contributed by atoms with Gasteiger partial charge in [-0.3, -0.25) is 5.41 Å². The van der Waals surface area contributed by atoms with E-state index in [9.17, 15) is 4.79 Å². The van der Waals surface area contributed by atoms with E-state index in [1.807, 2.05) is 20.8 Å². The lowest BCUT2D eigenvalue weighted by molar-refractivity contribution is 0.237. The first-order valence-electron chi connectivity index (χ1n) is 4.37. The van der Waals surface area contributed by atoms with Crippen LogP contribution >= 0.6 is 0 Å². The number of hydrogen-bond acceptors (Lipinski definition) is 2. The topological polar surface area (TPSA) is 91.0 Å². The maximum Gasteiger partial charge on any atom is 0.315 e. The summed E-state index contributed by atoms with van der Waals surface area (Å²) in [6, 6.07) is -0.664. The number of amidine groups is 1. The van der Waals surface area contributed by atoms with Crippen molar-refractivity contribution in [3.8, 4) is 0 Å². The van der Waals surface area contributed by atoms with Gasteiger partial charge in [-0.15, -0.1) is 0 Å². The van der Waals surface area contributed by atoms with Gasteiger partial charge in [-0.2, -0.15) is 0 Å². The minimum absolute atomic E-state index is 0.0127. The first-order chi connectivity index (χ1) is 5.99. The summed E-state index contributed by atoms with van der Waals surface area (Å²) in [5.74, 6) is 0.112. The molecule has 0 aromatic carbocycles. The molecule has 0 aromatic heterocycles. The molecule has 0 saturated carbocycles. The van der Waals surface area contributed by atoms with Crippen LogP contribution in [-0.2, 0) is 0 Å². The minimum Gasteiger partial charge on any atom is -0.386 e. The zero-order valence-corrected chi connectivity index (χ0v) is 8.35. The third kappa shape index (κ3) is 4.35.